The van der Waals surface area contributed by atoms with Crippen LogP contribution < -0.4 is 5.32 Å². The van der Waals surface area contributed by atoms with E-state index in [0.29, 0.717) is 24.6 Å². The Kier molecular flexibility index (Phi) is 8.04. The van der Waals surface area contributed by atoms with Gasteiger partial charge < -0.3 is 10.1 Å². The Hall–Kier alpha value is -1.44. The highest BCUT2D eigenvalue weighted by molar-refractivity contribution is 7.89. The number of ether oxygens (including phenoxy) is 1. The van der Waals surface area contributed by atoms with Crippen molar-refractivity contribution in [1.29, 1.82) is 0 Å². The van der Waals surface area contributed by atoms with Crippen LogP contribution in [-0.2, 0) is 14.8 Å². The molecule has 0 radical (unpaired) electrons. The van der Waals surface area contributed by atoms with Crippen molar-refractivity contribution in [3.63, 3.8) is 0 Å². The Bertz CT molecular complexity index is 736. The van der Waals surface area contributed by atoms with E-state index < -0.39 is 10.0 Å². The Morgan fingerprint density at radius 3 is 2.21 bits per heavy atom. The predicted octanol–water partition coefficient (Wildman–Crippen LogP) is 3.43. The van der Waals surface area contributed by atoms with Crippen LogP contribution in [0.25, 0.3) is 0 Å². The molecule has 3 atom stereocenters. The summed E-state index contributed by atoms with van der Waals surface area (Å²) < 4.78 is 32.8. The number of amides is 1. The summed E-state index contributed by atoms with van der Waals surface area (Å²) in [5, 5.41) is 2.99. The van der Waals surface area contributed by atoms with E-state index >= 15 is 0 Å². The molecule has 158 valence electrons. The van der Waals surface area contributed by atoms with Gasteiger partial charge in [-0.15, -0.1) is 0 Å². The third-order valence-electron chi connectivity index (χ3n) is 4.94. The van der Waals surface area contributed by atoms with E-state index in [1.807, 2.05) is 20.8 Å². The van der Waals surface area contributed by atoms with E-state index in [9.17, 15) is 13.2 Å². The number of sulfonamides is 1. The smallest absolute Gasteiger partial charge is 0.251 e. The van der Waals surface area contributed by atoms with Crippen molar-refractivity contribution in [2.75, 3.05) is 13.1 Å². The van der Waals surface area contributed by atoms with Crippen molar-refractivity contribution in [2.24, 2.45) is 5.92 Å². The molecule has 1 saturated heterocycles. The summed E-state index contributed by atoms with van der Waals surface area (Å²) >= 11 is 0. The summed E-state index contributed by atoms with van der Waals surface area (Å²) in [7, 11) is -3.59. The third kappa shape index (κ3) is 6.29. The largest absolute Gasteiger partial charge is 0.373 e. The zero-order valence-electron chi connectivity index (χ0n) is 17.6. The van der Waals surface area contributed by atoms with Crippen molar-refractivity contribution in [3.05, 3.63) is 29.8 Å². The lowest BCUT2D eigenvalue weighted by atomic mass is 10.0. The van der Waals surface area contributed by atoms with E-state index in [0.717, 1.165) is 19.3 Å². The first-order valence-corrected chi connectivity index (χ1v) is 11.6. The summed E-state index contributed by atoms with van der Waals surface area (Å²) in [6, 6.07) is 6.27. The van der Waals surface area contributed by atoms with Crippen molar-refractivity contribution >= 4 is 15.9 Å². The zero-order valence-corrected chi connectivity index (χ0v) is 18.5. The highest BCUT2D eigenvalue weighted by Crippen LogP contribution is 2.21. The Balaban J connectivity index is 1.99. The fourth-order valence-electron chi connectivity index (χ4n) is 3.47. The fourth-order valence-corrected chi connectivity index (χ4v) is 5.06. The fraction of sp³-hybridized carbons (Fsp3) is 0.667. The van der Waals surface area contributed by atoms with Gasteiger partial charge in [-0.25, -0.2) is 8.42 Å². The zero-order chi connectivity index (χ0) is 20.9. The van der Waals surface area contributed by atoms with Gasteiger partial charge in [-0.3, -0.25) is 4.79 Å². The SMILES string of the molecule is CC(C)CCCC(C)NC(=O)c1ccc(S(=O)(=O)N2CC(C)OC(C)C2)cc1. The first kappa shape index (κ1) is 22.8. The quantitative estimate of drug-likeness (QED) is 0.712. The molecule has 7 heteroatoms. The van der Waals surface area contributed by atoms with Crippen molar-refractivity contribution in [2.45, 2.75) is 77.0 Å². The van der Waals surface area contributed by atoms with Crippen LogP contribution in [-0.4, -0.2) is 50.0 Å². The van der Waals surface area contributed by atoms with Crippen LogP contribution in [0.3, 0.4) is 0 Å². The van der Waals surface area contributed by atoms with Crippen LogP contribution in [0.15, 0.2) is 29.2 Å². The number of nitrogens with zero attached hydrogens (tertiary/aromatic N) is 1. The normalized spacial score (nSPS) is 22.2. The predicted molar refractivity (Wildman–Crippen MR) is 111 cm³/mol. The van der Waals surface area contributed by atoms with E-state index in [1.165, 1.54) is 16.4 Å². The Morgan fingerprint density at radius 1 is 1.11 bits per heavy atom. The number of morpholine rings is 1. The van der Waals surface area contributed by atoms with Crippen LogP contribution in [0.2, 0.25) is 0 Å². The van der Waals surface area contributed by atoms with Crippen LogP contribution in [0.4, 0.5) is 0 Å². The highest BCUT2D eigenvalue weighted by Gasteiger charge is 2.32. The average molecular weight is 411 g/mol. The van der Waals surface area contributed by atoms with Gasteiger partial charge in [0.05, 0.1) is 17.1 Å². The number of carbonyl (C=O) groups is 1. The van der Waals surface area contributed by atoms with Gasteiger partial charge in [0.15, 0.2) is 0 Å². The van der Waals surface area contributed by atoms with Gasteiger partial charge in [-0.1, -0.05) is 26.7 Å². The minimum Gasteiger partial charge on any atom is -0.373 e. The molecular formula is C21H34N2O4S. The molecule has 1 aliphatic rings. The van der Waals surface area contributed by atoms with Gasteiger partial charge >= 0.3 is 0 Å². The van der Waals surface area contributed by atoms with Gasteiger partial charge in [0.1, 0.15) is 0 Å². The molecule has 0 bridgehead atoms. The molecule has 1 aromatic rings. The second kappa shape index (κ2) is 9.85. The maximum Gasteiger partial charge on any atom is 0.251 e. The number of rotatable bonds is 8. The summed E-state index contributed by atoms with van der Waals surface area (Å²) in [5.41, 5.74) is 0.471. The summed E-state index contributed by atoms with van der Waals surface area (Å²) in [4.78, 5) is 12.6. The van der Waals surface area contributed by atoms with Crippen LogP contribution >= 0.6 is 0 Å². The van der Waals surface area contributed by atoms with Crippen LogP contribution in [0.1, 0.15) is 64.2 Å². The van der Waals surface area contributed by atoms with Crippen molar-refractivity contribution < 1.29 is 17.9 Å². The minimum absolute atomic E-state index is 0.0889. The van der Waals surface area contributed by atoms with Crippen LogP contribution in [0.5, 0.6) is 0 Å². The summed E-state index contributed by atoms with van der Waals surface area (Å²) in [5.74, 6) is 0.490. The molecule has 28 heavy (non-hydrogen) atoms. The number of hydrogen-bond acceptors (Lipinski definition) is 4. The molecule has 0 aromatic heterocycles. The lowest BCUT2D eigenvalue weighted by molar-refractivity contribution is -0.0440. The molecular weight excluding hydrogens is 376 g/mol. The van der Waals surface area contributed by atoms with E-state index in [4.69, 9.17) is 4.74 Å². The van der Waals surface area contributed by atoms with Gasteiger partial charge in [0.2, 0.25) is 10.0 Å². The lowest BCUT2D eigenvalue weighted by Gasteiger charge is -2.34. The second-order valence-corrected chi connectivity index (χ2v) is 10.2. The van der Waals surface area contributed by atoms with Gasteiger partial charge in [-0.05, 0) is 57.4 Å². The van der Waals surface area contributed by atoms with Gasteiger partial charge in [-0.2, -0.15) is 4.31 Å². The van der Waals surface area contributed by atoms with Gasteiger partial charge in [0.25, 0.3) is 5.91 Å². The minimum atomic E-state index is -3.59. The van der Waals surface area contributed by atoms with E-state index in [2.05, 4.69) is 19.2 Å². The first-order chi connectivity index (χ1) is 13.1. The average Bonchev–Trinajstić information content (AvgIpc) is 2.60. The summed E-state index contributed by atoms with van der Waals surface area (Å²) in [6.07, 6.45) is 2.88. The Morgan fingerprint density at radius 2 is 1.68 bits per heavy atom. The number of carbonyl (C=O) groups excluding carboxylic acids is 1. The summed E-state index contributed by atoms with van der Waals surface area (Å²) in [6.45, 7) is 10.8. The maximum atomic E-state index is 12.9. The molecule has 3 unspecified atom stereocenters. The molecule has 1 fully saturated rings. The maximum absolute atomic E-state index is 12.9. The van der Waals surface area contributed by atoms with Gasteiger partial charge in [0, 0.05) is 24.7 Å². The molecule has 0 spiro atoms. The molecule has 1 N–H and O–H groups in total. The third-order valence-corrected chi connectivity index (χ3v) is 6.78. The standard InChI is InChI=1S/C21H34N2O4S/c1-15(2)7-6-8-16(3)22-21(24)19-9-11-20(12-10-19)28(25,26)23-13-17(4)27-18(5)14-23/h9-12,15-18H,6-8,13-14H2,1-5H3,(H,22,24). The monoisotopic (exact) mass is 410 g/mol. The number of nitrogens with one attached hydrogen (secondary N) is 1. The highest BCUT2D eigenvalue weighted by atomic mass is 32.2. The van der Waals surface area contributed by atoms with Crippen molar-refractivity contribution in [1.82, 2.24) is 9.62 Å². The molecule has 1 amide bonds. The molecule has 2 rings (SSSR count). The molecule has 0 aliphatic carbocycles. The molecule has 6 nitrogen and oxygen atoms in total. The van der Waals surface area contributed by atoms with E-state index in [1.54, 1.807) is 12.1 Å². The molecule has 0 saturated carbocycles. The van der Waals surface area contributed by atoms with Crippen molar-refractivity contribution in [3.8, 4) is 0 Å². The lowest BCUT2D eigenvalue weighted by Crippen LogP contribution is -2.48. The topological polar surface area (TPSA) is 75.7 Å². The van der Waals surface area contributed by atoms with Crippen LogP contribution in [0, 0.1) is 5.92 Å². The number of hydrogen-bond donors (Lipinski definition) is 1. The second-order valence-electron chi connectivity index (χ2n) is 8.30. The molecule has 1 aliphatic heterocycles. The van der Waals surface area contributed by atoms with E-state index in [-0.39, 0.29) is 29.1 Å². The molecule has 1 heterocycles. The Labute approximate surface area is 169 Å². The first-order valence-electron chi connectivity index (χ1n) is 10.2. The molecule has 1 aromatic carbocycles. The number of benzene rings is 1.